The van der Waals surface area contributed by atoms with Gasteiger partial charge in [-0.3, -0.25) is 4.79 Å². The summed E-state index contributed by atoms with van der Waals surface area (Å²) in [4.78, 5) is 24.1. The molecule has 88 valence electrons. The summed E-state index contributed by atoms with van der Waals surface area (Å²) in [7, 11) is 0. The molecule has 1 saturated carbocycles. The molecule has 4 nitrogen and oxygen atoms in total. The van der Waals surface area contributed by atoms with Crippen LogP contribution in [-0.4, -0.2) is 4.57 Å². The van der Waals surface area contributed by atoms with E-state index in [0.717, 1.165) is 25.7 Å². The minimum atomic E-state index is -0.527. The van der Waals surface area contributed by atoms with E-state index in [-0.39, 0.29) is 11.6 Å². The molecule has 0 amide bonds. The third-order valence-corrected chi connectivity index (χ3v) is 3.42. The van der Waals surface area contributed by atoms with Crippen molar-refractivity contribution in [2.24, 2.45) is 0 Å². The summed E-state index contributed by atoms with van der Waals surface area (Å²) in [5.41, 5.74) is 0.153. The van der Waals surface area contributed by atoms with Gasteiger partial charge < -0.3 is 4.42 Å². The highest BCUT2D eigenvalue weighted by molar-refractivity contribution is 5.74. The summed E-state index contributed by atoms with van der Waals surface area (Å²) in [6.45, 7) is 0. The smallest absolute Gasteiger partial charge is 0.409 e. The van der Waals surface area contributed by atoms with Gasteiger partial charge in [0, 0.05) is 6.04 Å². The Bertz CT molecular complexity index is 662. The van der Waals surface area contributed by atoms with Crippen LogP contribution in [0, 0.1) is 0 Å². The van der Waals surface area contributed by atoms with Crippen molar-refractivity contribution < 1.29 is 4.42 Å². The summed E-state index contributed by atoms with van der Waals surface area (Å²) in [6.07, 6.45) is 3.93. The first kappa shape index (κ1) is 10.3. The number of aromatic nitrogens is 1. The summed E-state index contributed by atoms with van der Waals surface area (Å²) in [5, 5.41) is 0.485. The Morgan fingerprint density at radius 1 is 1.12 bits per heavy atom. The summed E-state index contributed by atoms with van der Waals surface area (Å²) in [6, 6.07) is 6.90. The topological polar surface area (TPSA) is 52.2 Å². The molecule has 1 aliphatic carbocycles. The number of hydrogen-bond donors (Lipinski definition) is 0. The van der Waals surface area contributed by atoms with Gasteiger partial charge >= 0.3 is 5.76 Å². The van der Waals surface area contributed by atoms with Crippen LogP contribution in [0.4, 0.5) is 0 Å². The highest BCUT2D eigenvalue weighted by atomic mass is 16.4. The molecule has 1 fully saturated rings. The van der Waals surface area contributed by atoms with Crippen molar-refractivity contribution in [1.29, 1.82) is 0 Å². The van der Waals surface area contributed by atoms with E-state index >= 15 is 0 Å². The molecule has 17 heavy (non-hydrogen) atoms. The Morgan fingerprint density at radius 2 is 1.82 bits per heavy atom. The lowest BCUT2D eigenvalue weighted by Crippen LogP contribution is -2.34. The number of benzene rings is 1. The van der Waals surface area contributed by atoms with E-state index < -0.39 is 5.76 Å². The van der Waals surface area contributed by atoms with E-state index in [9.17, 15) is 9.59 Å². The van der Waals surface area contributed by atoms with E-state index in [1.54, 1.807) is 24.3 Å². The third kappa shape index (κ3) is 1.60. The molecule has 2 aromatic rings. The van der Waals surface area contributed by atoms with Crippen molar-refractivity contribution in [2.45, 2.75) is 31.7 Å². The van der Waals surface area contributed by atoms with E-state index in [1.165, 1.54) is 4.57 Å². The maximum Gasteiger partial charge on any atom is 0.422 e. The van der Waals surface area contributed by atoms with Gasteiger partial charge in [-0.2, -0.15) is 0 Å². The van der Waals surface area contributed by atoms with Crippen LogP contribution in [0.15, 0.2) is 38.3 Å². The average molecular weight is 231 g/mol. The molecule has 1 aromatic heterocycles. The largest absolute Gasteiger partial charge is 0.422 e. The van der Waals surface area contributed by atoms with E-state index in [0.29, 0.717) is 11.0 Å². The summed E-state index contributed by atoms with van der Waals surface area (Å²) >= 11 is 0. The van der Waals surface area contributed by atoms with Crippen molar-refractivity contribution in [3.05, 3.63) is 45.2 Å². The van der Waals surface area contributed by atoms with Gasteiger partial charge in [0.15, 0.2) is 0 Å². The van der Waals surface area contributed by atoms with Crippen LogP contribution in [0.1, 0.15) is 31.7 Å². The van der Waals surface area contributed by atoms with Crippen LogP contribution in [0.2, 0.25) is 0 Å². The molecule has 0 N–H and O–H groups in total. The van der Waals surface area contributed by atoms with Gasteiger partial charge in [-0.25, -0.2) is 9.36 Å². The zero-order valence-electron chi connectivity index (χ0n) is 9.39. The standard InChI is InChI=1S/C13H13NO3/c15-12-10-7-3-4-8-11(10)17-13(16)14(12)9-5-1-2-6-9/h3-4,7-9H,1-2,5-6H2. The lowest BCUT2D eigenvalue weighted by atomic mass is 10.2. The first-order valence-electron chi connectivity index (χ1n) is 5.92. The molecule has 0 radical (unpaired) electrons. The van der Waals surface area contributed by atoms with Gasteiger partial charge in [-0.15, -0.1) is 0 Å². The van der Waals surface area contributed by atoms with Crippen LogP contribution < -0.4 is 11.3 Å². The minimum absolute atomic E-state index is 0.0170. The molecular formula is C13H13NO3. The van der Waals surface area contributed by atoms with Gasteiger partial charge in [0.05, 0.1) is 5.39 Å². The van der Waals surface area contributed by atoms with Crippen molar-refractivity contribution in [1.82, 2.24) is 4.57 Å². The molecule has 0 bridgehead atoms. The number of para-hydroxylation sites is 1. The Hall–Kier alpha value is -1.84. The van der Waals surface area contributed by atoms with Gasteiger partial charge in [-0.05, 0) is 25.0 Å². The zero-order chi connectivity index (χ0) is 11.8. The van der Waals surface area contributed by atoms with Gasteiger partial charge in [0.25, 0.3) is 5.56 Å². The Balaban J connectivity index is 2.31. The lowest BCUT2D eigenvalue weighted by Gasteiger charge is -2.11. The van der Waals surface area contributed by atoms with E-state index in [1.807, 2.05) is 0 Å². The van der Waals surface area contributed by atoms with Crippen LogP contribution in [0.25, 0.3) is 11.0 Å². The number of hydrogen-bond acceptors (Lipinski definition) is 3. The normalized spacial score (nSPS) is 16.7. The molecule has 0 unspecified atom stereocenters. The first-order valence-corrected chi connectivity index (χ1v) is 5.92. The molecule has 0 spiro atoms. The first-order chi connectivity index (χ1) is 8.27. The molecule has 0 saturated heterocycles. The molecule has 0 aliphatic heterocycles. The second-order valence-corrected chi connectivity index (χ2v) is 4.48. The van der Waals surface area contributed by atoms with Gasteiger partial charge in [-0.1, -0.05) is 25.0 Å². The fourth-order valence-electron chi connectivity index (χ4n) is 2.57. The van der Waals surface area contributed by atoms with E-state index in [2.05, 4.69) is 0 Å². The SMILES string of the molecule is O=c1oc2ccccc2c(=O)n1C1CCCC1. The Labute approximate surface area is 97.5 Å². The van der Waals surface area contributed by atoms with Crippen LogP contribution in [0.3, 0.4) is 0 Å². The summed E-state index contributed by atoms with van der Waals surface area (Å²) in [5.74, 6) is -0.527. The van der Waals surface area contributed by atoms with Gasteiger partial charge in [0.2, 0.25) is 0 Å². The highest BCUT2D eigenvalue weighted by Gasteiger charge is 2.22. The lowest BCUT2D eigenvalue weighted by molar-refractivity contribution is 0.397. The van der Waals surface area contributed by atoms with Crippen LogP contribution >= 0.6 is 0 Å². The third-order valence-electron chi connectivity index (χ3n) is 3.42. The number of rotatable bonds is 1. The second-order valence-electron chi connectivity index (χ2n) is 4.48. The monoisotopic (exact) mass is 231 g/mol. The second kappa shape index (κ2) is 3.87. The molecule has 4 heteroatoms. The molecule has 3 rings (SSSR count). The fourth-order valence-corrected chi connectivity index (χ4v) is 2.57. The molecular weight excluding hydrogens is 218 g/mol. The Morgan fingerprint density at radius 3 is 2.59 bits per heavy atom. The molecule has 1 heterocycles. The number of nitrogens with zero attached hydrogens (tertiary/aromatic N) is 1. The van der Waals surface area contributed by atoms with Crippen molar-refractivity contribution in [3.63, 3.8) is 0 Å². The van der Waals surface area contributed by atoms with Crippen molar-refractivity contribution in [3.8, 4) is 0 Å². The van der Waals surface area contributed by atoms with E-state index in [4.69, 9.17) is 4.42 Å². The fraction of sp³-hybridized carbons (Fsp3) is 0.385. The quantitative estimate of drug-likeness (QED) is 0.755. The molecule has 1 aliphatic rings. The zero-order valence-corrected chi connectivity index (χ0v) is 9.39. The van der Waals surface area contributed by atoms with Crippen LogP contribution in [-0.2, 0) is 0 Å². The highest BCUT2D eigenvalue weighted by Crippen LogP contribution is 2.27. The molecule has 0 atom stereocenters. The molecule has 1 aromatic carbocycles. The van der Waals surface area contributed by atoms with Crippen molar-refractivity contribution in [2.75, 3.05) is 0 Å². The van der Waals surface area contributed by atoms with Crippen LogP contribution in [0.5, 0.6) is 0 Å². The van der Waals surface area contributed by atoms with Crippen molar-refractivity contribution >= 4 is 11.0 Å². The minimum Gasteiger partial charge on any atom is -0.409 e. The predicted octanol–water partition coefficient (Wildman–Crippen LogP) is 2.07. The predicted molar refractivity (Wildman–Crippen MR) is 64.2 cm³/mol. The Kier molecular flexibility index (Phi) is 2.35. The summed E-state index contributed by atoms with van der Waals surface area (Å²) < 4.78 is 6.48. The number of fused-ring (bicyclic) bond motifs is 1. The maximum absolute atomic E-state index is 12.2. The average Bonchev–Trinajstić information content (AvgIpc) is 2.83. The maximum atomic E-state index is 12.2. The van der Waals surface area contributed by atoms with Gasteiger partial charge in [0.1, 0.15) is 5.58 Å².